The molecule has 0 aliphatic rings. The Balaban J connectivity index is 2.27. The lowest BCUT2D eigenvalue weighted by atomic mass is 10.0. The Kier molecular flexibility index (Phi) is 4.10. The van der Waals surface area contributed by atoms with Gasteiger partial charge in [0, 0.05) is 0 Å². The van der Waals surface area contributed by atoms with Crippen LogP contribution in [0.25, 0.3) is 0 Å². The number of anilines is 2. The molecule has 4 heteroatoms. The molecular weight excluding hydrogens is 302 g/mol. The molecule has 1 unspecified atom stereocenters. The molecule has 0 radical (unpaired) electrons. The normalized spacial score (nSPS) is 12.2. The molecule has 3 nitrogen and oxygen atoms in total. The number of nitrogens with zero attached hydrogens (tertiary/aromatic N) is 1. The summed E-state index contributed by atoms with van der Waals surface area (Å²) in [5, 5.41) is 3.42. The van der Waals surface area contributed by atoms with Gasteiger partial charge in [0.2, 0.25) is 0 Å². The minimum atomic E-state index is 0.188. The highest BCUT2D eigenvalue weighted by atomic mass is 79.9. The second-order valence-electron chi connectivity index (χ2n) is 4.72. The smallest absolute Gasteiger partial charge is 0.141 e. The predicted octanol–water partition coefficient (Wildman–Crippen LogP) is 4.22. The number of hydrogen-bond acceptors (Lipinski definition) is 3. The van der Waals surface area contributed by atoms with E-state index in [0.717, 1.165) is 15.9 Å². The summed E-state index contributed by atoms with van der Waals surface area (Å²) in [4.78, 5) is 4.35. The molecule has 1 heterocycles. The van der Waals surface area contributed by atoms with Gasteiger partial charge in [-0.05, 0) is 53.4 Å². The Labute approximate surface area is 122 Å². The lowest BCUT2D eigenvalue weighted by Crippen LogP contribution is -2.10. The number of nitrogens with one attached hydrogen (secondary N) is 1. The minimum Gasteiger partial charge on any atom is -0.397 e. The fraction of sp³-hybridized carbons (Fsp3) is 0.267. The average molecular weight is 320 g/mol. The van der Waals surface area contributed by atoms with E-state index >= 15 is 0 Å². The van der Waals surface area contributed by atoms with Gasteiger partial charge in [-0.15, -0.1) is 0 Å². The summed E-state index contributed by atoms with van der Waals surface area (Å²) in [5.41, 5.74) is 10.1. The first-order chi connectivity index (χ1) is 9.00. The molecule has 1 aromatic heterocycles. The molecule has 0 bridgehead atoms. The molecule has 1 atom stereocenters. The van der Waals surface area contributed by atoms with Gasteiger partial charge in [-0.1, -0.05) is 24.3 Å². The van der Waals surface area contributed by atoms with Crippen molar-refractivity contribution in [3.8, 4) is 0 Å². The van der Waals surface area contributed by atoms with Crippen LogP contribution in [-0.4, -0.2) is 4.98 Å². The highest BCUT2D eigenvalue weighted by molar-refractivity contribution is 9.10. The summed E-state index contributed by atoms with van der Waals surface area (Å²) in [6.07, 6.45) is 1.69. The summed E-state index contributed by atoms with van der Waals surface area (Å²) in [7, 11) is 0. The molecule has 0 fully saturated rings. The summed E-state index contributed by atoms with van der Waals surface area (Å²) in [5.74, 6) is 0.822. The molecule has 0 aliphatic heterocycles. The van der Waals surface area contributed by atoms with Gasteiger partial charge in [0.1, 0.15) is 5.82 Å². The van der Waals surface area contributed by atoms with Crippen LogP contribution in [0.5, 0.6) is 0 Å². The van der Waals surface area contributed by atoms with Gasteiger partial charge in [0.15, 0.2) is 0 Å². The van der Waals surface area contributed by atoms with E-state index in [1.165, 1.54) is 11.1 Å². The Hall–Kier alpha value is -1.55. The maximum Gasteiger partial charge on any atom is 0.141 e. The fourth-order valence-corrected chi connectivity index (χ4v) is 2.49. The number of aryl methyl sites for hydroxylation is 1. The molecule has 0 saturated heterocycles. The molecule has 0 saturated carbocycles. The van der Waals surface area contributed by atoms with E-state index in [-0.39, 0.29) is 6.04 Å². The van der Waals surface area contributed by atoms with Crippen LogP contribution in [0.2, 0.25) is 0 Å². The third kappa shape index (κ3) is 2.89. The monoisotopic (exact) mass is 319 g/mol. The van der Waals surface area contributed by atoms with Crippen LogP contribution in [0.15, 0.2) is 34.9 Å². The van der Waals surface area contributed by atoms with E-state index in [2.05, 4.69) is 58.3 Å². The number of rotatable bonds is 3. The van der Waals surface area contributed by atoms with E-state index in [1.807, 2.05) is 13.0 Å². The van der Waals surface area contributed by atoms with Gasteiger partial charge in [0.05, 0.1) is 22.4 Å². The van der Waals surface area contributed by atoms with Crippen LogP contribution in [0.4, 0.5) is 11.5 Å². The van der Waals surface area contributed by atoms with Crippen molar-refractivity contribution in [2.75, 3.05) is 11.1 Å². The predicted molar refractivity (Wildman–Crippen MR) is 84.3 cm³/mol. The second kappa shape index (κ2) is 5.61. The van der Waals surface area contributed by atoms with Gasteiger partial charge in [-0.25, -0.2) is 4.98 Å². The minimum absolute atomic E-state index is 0.188. The van der Waals surface area contributed by atoms with E-state index in [4.69, 9.17) is 5.73 Å². The van der Waals surface area contributed by atoms with E-state index in [1.54, 1.807) is 6.20 Å². The highest BCUT2D eigenvalue weighted by Gasteiger charge is 2.12. The number of nitrogen functional groups attached to an aromatic ring is 1. The molecule has 100 valence electrons. The second-order valence-corrected chi connectivity index (χ2v) is 5.52. The van der Waals surface area contributed by atoms with Crippen LogP contribution < -0.4 is 11.1 Å². The Bertz CT molecular complexity index is 596. The SMILES string of the molecule is Cc1ccccc1C(C)Nc1ncc(N)c(C)c1Br. The standard InChI is InChI=1S/C15H18BrN3/c1-9-6-4-5-7-12(9)11(3)19-15-14(16)10(2)13(17)8-18-15/h4-8,11H,17H2,1-3H3,(H,18,19). The van der Waals surface area contributed by atoms with Gasteiger partial charge in [-0.3, -0.25) is 0 Å². The van der Waals surface area contributed by atoms with Crippen molar-refractivity contribution in [1.82, 2.24) is 4.98 Å². The van der Waals surface area contributed by atoms with Crippen molar-refractivity contribution >= 4 is 27.4 Å². The Morgan fingerprint density at radius 2 is 1.95 bits per heavy atom. The summed E-state index contributed by atoms with van der Waals surface area (Å²) < 4.78 is 0.924. The Morgan fingerprint density at radius 1 is 1.26 bits per heavy atom. The summed E-state index contributed by atoms with van der Waals surface area (Å²) in [6.45, 7) is 6.22. The fourth-order valence-electron chi connectivity index (χ4n) is 2.05. The lowest BCUT2D eigenvalue weighted by Gasteiger charge is -2.19. The largest absolute Gasteiger partial charge is 0.397 e. The number of benzene rings is 1. The number of aromatic nitrogens is 1. The zero-order valence-corrected chi connectivity index (χ0v) is 13.0. The number of hydrogen-bond donors (Lipinski definition) is 2. The van der Waals surface area contributed by atoms with E-state index in [9.17, 15) is 0 Å². The van der Waals surface area contributed by atoms with Crippen LogP contribution in [0.3, 0.4) is 0 Å². The number of nitrogens with two attached hydrogens (primary N) is 1. The van der Waals surface area contributed by atoms with E-state index < -0.39 is 0 Å². The first-order valence-corrected chi connectivity index (χ1v) is 7.02. The van der Waals surface area contributed by atoms with Crippen LogP contribution in [0, 0.1) is 13.8 Å². The Morgan fingerprint density at radius 3 is 2.63 bits per heavy atom. The zero-order valence-electron chi connectivity index (χ0n) is 11.4. The maximum atomic E-state index is 5.84. The topological polar surface area (TPSA) is 50.9 Å². The molecule has 0 amide bonds. The van der Waals surface area contributed by atoms with Gasteiger partial charge in [0.25, 0.3) is 0 Å². The van der Waals surface area contributed by atoms with Crippen LogP contribution in [-0.2, 0) is 0 Å². The van der Waals surface area contributed by atoms with Crippen molar-refractivity contribution in [3.63, 3.8) is 0 Å². The summed E-state index contributed by atoms with van der Waals surface area (Å²) >= 11 is 3.55. The highest BCUT2D eigenvalue weighted by Crippen LogP contribution is 2.30. The third-order valence-electron chi connectivity index (χ3n) is 3.31. The van der Waals surface area contributed by atoms with Crippen LogP contribution >= 0.6 is 15.9 Å². The first kappa shape index (κ1) is 13.9. The quantitative estimate of drug-likeness (QED) is 0.890. The molecule has 0 spiro atoms. The van der Waals surface area contributed by atoms with Gasteiger partial charge in [-0.2, -0.15) is 0 Å². The van der Waals surface area contributed by atoms with Crippen molar-refractivity contribution in [2.24, 2.45) is 0 Å². The maximum absolute atomic E-state index is 5.84. The number of pyridine rings is 1. The summed E-state index contributed by atoms with van der Waals surface area (Å²) in [6, 6.07) is 8.53. The number of halogens is 1. The van der Waals surface area contributed by atoms with Crippen molar-refractivity contribution < 1.29 is 0 Å². The molecule has 19 heavy (non-hydrogen) atoms. The van der Waals surface area contributed by atoms with Gasteiger partial charge < -0.3 is 11.1 Å². The van der Waals surface area contributed by atoms with Gasteiger partial charge >= 0.3 is 0 Å². The lowest BCUT2D eigenvalue weighted by molar-refractivity contribution is 0.863. The first-order valence-electron chi connectivity index (χ1n) is 6.23. The van der Waals surface area contributed by atoms with Crippen molar-refractivity contribution in [2.45, 2.75) is 26.8 Å². The van der Waals surface area contributed by atoms with Crippen LogP contribution in [0.1, 0.15) is 29.7 Å². The van der Waals surface area contributed by atoms with Crippen molar-refractivity contribution in [3.05, 3.63) is 51.6 Å². The molecule has 2 rings (SSSR count). The molecular formula is C15H18BrN3. The molecule has 3 N–H and O–H groups in total. The van der Waals surface area contributed by atoms with E-state index in [0.29, 0.717) is 5.69 Å². The third-order valence-corrected chi connectivity index (χ3v) is 4.28. The molecule has 1 aromatic carbocycles. The average Bonchev–Trinajstić information content (AvgIpc) is 2.40. The molecule has 0 aliphatic carbocycles. The van der Waals surface area contributed by atoms with Crippen molar-refractivity contribution in [1.29, 1.82) is 0 Å². The molecule has 2 aromatic rings. The zero-order chi connectivity index (χ0) is 14.0.